The van der Waals surface area contributed by atoms with Crippen LogP contribution in [0, 0.1) is 11.3 Å². The van der Waals surface area contributed by atoms with Gasteiger partial charge in [-0.05, 0) is 67.3 Å². The van der Waals surface area contributed by atoms with Crippen molar-refractivity contribution in [2.75, 3.05) is 18.1 Å². The minimum absolute atomic E-state index is 0.0104. The molecule has 0 aromatic heterocycles. The zero-order valence-corrected chi connectivity index (χ0v) is 39.3. The van der Waals surface area contributed by atoms with Gasteiger partial charge in [-0.25, -0.2) is 4.79 Å². The third-order valence-corrected chi connectivity index (χ3v) is 12.8. The Morgan fingerprint density at radius 1 is 0.738 bits per heavy atom. The van der Waals surface area contributed by atoms with Gasteiger partial charge >= 0.3 is 5.97 Å². The summed E-state index contributed by atoms with van der Waals surface area (Å²) in [6, 6.07) is 4.53. The number of benzene rings is 2. The summed E-state index contributed by atoms with van der Waals surface area (Å²) in [5.74, 6) is -7.54. The average molecular weight is 944 g/mol. The van der Waals surface area contributed by atoms with E-state index in [0.717, 1.165) is 21.6 Å². The van der Waals surface area contributed by atoms with Crippen molar-refractivity contribution < 1.29 is 48.6 Å². The van der Waals surface area contributed by atoms with Gasteiger partial charge in [0.1, 0.15) is 48.0 Å². The molecule has 19 nitrogen and oxygen atoms in total. The van der Waals surface area contributed by atoms with Crippen molar-refractivity contribution in [1.82, 2.24) is 37.2 Å². The van der Waals surface area contributed by atoms with Crippen molar-refractivity contribution in [1.29, 1.82) is 0 Å². The van der Waals surface area contributed by atoms with E-state index in [0.29, 0.717) is 30.5 Å². The molecular formula is C44H65N9O10S2. The number of rotatable bonds is 14. The molecule has 8 atom stereocenters. The Morgan fingerprint density at radius 2 is 1.28 bits per heavy atom. The number of unbranched alkanes of at least 4 members (excludes halogenated alkanes) is 1. The van der Waals surface area contributed by atoms with E-state index < -0.39 is 107 Å². The topological polar surface area (TPSA) is 313 Å². The second kappa shape index (κ2) is 25.9. The van der Waals surface area contributed by atoms with Crippen molar-refractivity contribution in [3.63, 3.8) is 0 Å². The summed E-state index contributed by atoms with van der Waals surface area (Å²) in [6.45, 7) is 10.1. The monoisotopic (exact) mass is 943 g/mol. The number of hydrogen-bond acceptors (Lipinski definition) is 13. The van der Waals surface area contributed by atoms with Gasteiger partial charge in [-0.3, -0.25) is 33.6 Å². The third kappa shape index (κ3) is 17.8. The van der Waals surface area contributed by atoms with Crippen LogP contribution in [0.1, 0.15) is 71.9 Å². The highest BCUT2D eigenvalue weighted by Gasteiger charge is 2.39. The summed E-state index contributed by atoms with van der Waals surface area (Å²) < 4.78 is 0. The lowest BCUT2D eigenvalue weighted by molar-refractivity contribution is -0.143. The summed E-state index contributed by atoms with van der Waals surface area (Å²) in [5, 5.41) is 38.7. The summed E-state index contributed by atoms with van der Waals surface area (Å²) in [4.78, 5) is 110. The molecule has 0 spiro atoms. The Hall–Kier alpha value is -5.38. The summed E-state index contributed by atoms with van der Waals surface area (Å²) >= 11 is 0. The molecule has 3 rings (SSSR count). The number of carboxylic acids is 1. The number of nitrogens with one attached hydrogen (secondary N) is 7. The van der Waals surface area contributed by atoms with E-state index in [1.807, 2.05) is 0 Å². The minimum Gasteiger partial charge on any atom is -0.508 e. The predicted molar refractivity (Wildman–Crippen MR) is 249 cm³/mol. The van der Waals surface area contributed by atoms with Crippen molar-refractivity contribution in [3.8, 4) is 5.75 Å². The van der Waals surface area contributed by atoms with Crippen LogP contribution in [0.4, 0.5) is 0 Å². The first-order valence-electron chi connectivity index (χ1n) is 21.5. The molecule has 2 aromatic carbocycles. The lowest BCUT2D eigenvalue weighted by atomic mass is 9.85. The molecule has 1 saturated heterocycles. The molecule has 7 amide bonds. The van der Waals surface area contributed by atoms with Gasteiger partial charge in [0.2, 0.25) is 41.4 Å². The second-order valence-corrected chi connectivity index (χ2v) is 19.9. The number of hydrogen-bond donors (Lipinski definition) is 11. The number of amides is 7. The summed E-state index contributed by atoms with van der Waals surface area (Å²) in [7, 11) is 2.08. The zero-order chi connectivity index (χ0) is 48.4. The van der Waals surface area contributed by atoms with Gasteiger partial charge in [-0.15, -0.1) is 0 Å². The van der Waals surface area contributed by atoms with Crippen molar-refractivity contribution in [2.24, 2.45) is 22.8 Å². The van der Waals surface area contributed by atoms with Crippen molar-refractivity contribution in [3.05, 3.63) is 65.7 Å². The van der Waals surface area contributed by atoms with E-state index in [-0.39, 0.29) is 36.5 Å². The van der Waals surface area contributed by atoms with Gasteiger partial charge in [0, 0.05) is 24.3 Å². The maximum Gasteiger partial charge on any atom is 0.326 e. The zero-order valence-electron chi connectivity index (χ0n) is 37.7. The Kier molecular flexibility index (Phi) is 21.5. The molecule has 21 heteroatoms. The normalized spacial score (nSPS) is 23.1. The number of carbonyl (C=O) groups excluding carboxylic acids is 7. The van der Waals surface area contributed by atoms with Crippen LogP contribution in [0.3, 0.4) is 0 Å². The van der Waals surface area contributed by atoms with E-state index in [9.17, 15) is 48.6 Å². The van der Waals surface area contributed by atoms with Crippen molar-refractivity contribution in [2.45, 2.75) is 122 Å². The lowest BCUT2D eigenvalue weighted by Crippen LogP contribution is -2.63. The van der Waals surface area contributed by atoms with Crippen LogP contribution in [-0.2, 0) is 51.2 Å². The molecule has 358 valence electrons. The maximum absolute atomic E-state index is 14.3. The third-order valence-electron chi connectivity index (χ3n) is 10.4. The van der Waals surface area contributed by atoms with Crippen LogP contribution in [0.5, 0.6) is 5.75 Å². The Balaban J connectivity index is 2.18. The Labute approximate surface area is 387 Å². The van der Waals surface area contributed by atoms with Crippen LogP contribution < -0.4 is 48.7 Å². The van der Waals surface area contributed by atoms with E-state index in [1.165, 1.54) is 19.1 Å². The number of nitrogens with two attached hydrogens (primary N) is 2. The highest BCUT2D eigenvalue weighted by atomic mass is 33.1. The van der Waals surface area contributed by atoms with Crippen LogP contribution in [0.2, 0.25) is 0 Å². The number of phenolic OH excluding ortho intramolecular Hbond substituents is 1. The first-order chi connectivity index (χ1) is 30.6. The summed E-state index contributed by atoms with van der Waals surface area (Å²) in [6.07, 6.45) is 0.812. The van der Waals surface area contributed by atoms with E-state index in [1.54, 1.807) is 77.1 Å². The van der Waals surface area contributed by atoms with Gasteiger partial charge in [0.25, 0.3) is 0 Å². The summed E-state index contributed by atoms with van der Waals surface area (Å²) in [5.41, 5.74) is 11.9. The maximum atomic E-state index is 14.3. The Bertz CT molecular complexity index is 1950. The quantitative estimate of drug-likeness (QED) is 0.0893. The fraction of sp³-hybridized carbons (Fsp3) is 0.545. The van der Waals surface area contributed by atoms with E-state index in [2.05, 4.69) is 37.2 Å². The van der Waals surface area contributed by atoms with Gasteiger partial charge in [-0.2, -0.15) is 0 Å². The second-order valence-electron chi connectivity index (χ2n) is 17.4. The standard InChI is InChI=1S/C44H65N9O10S2/c1-24(2)34(43(62)63)52-41(60)33-23-65-64-22-32(50-36(55)25(3)46)40(59)49-31(20-26-12-8-7-9-13-26)39(58)53-35(44(4,5)6)42(61)47-29(14-10-11-19-45)37(56)48-30(38(57)51-33)21-27-15-17-28(54)18-16-27/h7-9,12-13,15-18,24-25,29-35,54H,10-11,14,19-23,45-46H2,1-6H3,(H,47,61)(H,48,56)(H,49,59)(H,50,55)(H,51,57)(H,52,60)(H,53,58)(H,62,63)/t25-,29-,30-,31-,32-,33-,34-,35-/m0/s1. The average Bonchev–Trinajstić information content (AvgIpc) is 3.24. The first kappa shape index (κ1) is 54.0. The van der Waals surface area contributed by atoms with Crippen LogP contribution in [-0.4, -0.2) is 124 Å². The molecule has 0 aliphatic carbocycles. The molecule has 65 heavy (non-hydrogen) atoms. The fourth-order valence-electron chi connectivity index (χ4n) is 6.56. The van der Waals surface area contributed by atoms with Crippen LogP contribution in [0.25, 0.3) is 0 Å². The van der Waals surface area contributed by atoms with Crippen molar-refractivity contribution >= 4 is 68.9 Å². The lowest BCUT2D eigenvalue weighted by Gasteiger charge is -2.33. The molecule has 2 aromatic rings. The molecule has 0 saturated carbocycles. The molecule has 1 aliphatic heterocycles. The molecule has 1 heterocycles. The van der Waals surface area contributed by atoms with Crippen LogP contribution in [0.15, 0.2) is 54.6 Å². The molecule has 13 N–H and O–H groups in total. The molecule has 0 unspecified atom stereocenters. The molecule has 1 fully saturated rings. The number of phenols is 1. The molecule has 0 radical (unpaired) electrons. The van der Waals surface area contributed by atoms with E-state index >= 15 is 0 Å². The number of aromatic hydroxyl groups is 1. The van der Waals surface area contributed by atoms with Gasteiger partial charge in [0.05, 0.1) is 6.04 Å². The highest BCUT2D eigenvalue weighted by Crippen LogP contribution is 2.25. The minimum atomic E-state index is -1.40. The molecule has 0 bridgehead atoms. The largest absolute Gasteiger partial charge is 0.508 e. The number of aliphatic carboxylic acids is 1. The number of carbonyl (C=O) groups is 8. The first-order valence-corrected chi connectivity index (χ1v) is 24.0. The van der Waals surface area contributed by atoms with E-state index in [4.69, 9.17) is 11.5 Å². The van der Waals surface area contributed by atoms with Gasteiger partial charge in [0.15, 0.2) is 0 Å². The van der Waals surface area contributed by atoms with Gasteiger partial charge in [-0.1, -0.05) is 98.7 Å². The van der Waals surface area contributed by atoms with Crippen LogP contribution >= 0.6 is 21.6 Å². The molecular weight excluding hydrogens is 879 g/mol. The number of carboxylic acid groups (broad SMARTS) is 1. The van der Waals surface area contributed by atoms with Gasteiger partial charge < -0.3 is 58.9 Å². The Morgan fingerprint density at radius 3 is 1.83 bits per heavy atom. The SMILES string of the molecule is CC(C)[C@H](NC(=O)[C@@H]1CSSC[C@H](NC(=O)[C@H](C)N)C(=O)N[C@@H](Cc2ccccc2)C(=O)N[C@H](C(C)(C)C)C(=O)N[C@@H](CCCCN)C(=O)N[C@@H](Cc2ccc(O)cc2)C(=O)N1)C(=O)O. The highest BCUT2D eigenvalue weighted by molar-refractivity contribution is 8.76. The fourth-order valence-corrected chi connectivity index (χ4v) is 8.88. The smallest absolute Gasteiger partial charge is 0.326 e. The predicted octanol–water partition coefficient (Wildman–Crippen LogP) is 0.229. The molecule has 1 aliphatic rings.